The first kappa shape index (κ1) is 24.5. The molecule has 0 aliphatic carbocycles. The molecule has 7 N–H and O–H groups in total. The van der Waals surface area contributed by atoms with E-state index in [9.17, 15) is 14.4 Å². The lowest BCUT2D eigenvalue weighted by Gasteiger charge is -2.35. The van der Waals surface area contributed by atoms with Crippen LogP contribution in [0.15, 0.2) is 30.3 Å². The maximum absolute atomic E-state index is 13.1. The molecule has 0 heterocycles. The van der Waals surface area contributed by atoms with Gasteiger partial charge in [-0.15, -0.1) is 0 Å². The predicted molar refractivity (Wildman–Crippen MR) is 108 cm³/mol. The Hall–Kier alpha value is -2.49. The summed E-state index contributed by atoms with van der Waals surface area (Å²) in [5, 5.41) is 23.2. The number of carbonyl (C=O) groups excluding carboxylic acids is 3. The second-order valence-corrected chi connectivity index (χ2v) is 7.57. The second-order valence-electron chi connectivity index (χ2n) is 7.57. The van der Waals surface area contributed by atoms with Crippen LogP contribution in [0.1, 0.15) is 32.8 Å². The van der Waals surface area contributed by atoms with Crippen molar-refractivity contribution in [3.8, 4) is 0 Å². The average Bonchev–Trinajstić information content (AvgIpc) is 2.70. The van der Waals surface area contributed by atoms with E-state index >= 15 is 0 Å². The fraction of sp³-hybridized carbons (Fsp3) is 0.550. The van der Waals surface area contributed by atoms with Gasteiger partial charge in [-0.05, 0) is 17.9 Å². The Morgan fingerprint density at radius 3 is 2.24 bits per heavy atom. The molecule has 9 nitrogen and oxygen atoms in total. The van der Waals surface area contributed by atoms with Gasteiger partial charge in [0.2, 0.25) is 17.7 Å². The van der Waals surface area contributed by atoms with Crippen LogP contribution in [0.25, 0.3) is 0 Å². The highest BCUT2D eigenvalue weighted by atomic mass is 16.5. The molecule has 0 radical (unpaired) electrons. The van der Waals surface area contributed by atoms with Gasteiger partial charge in [-0.2, -0.15) is 0 Å². The minimum Gasteiger partial charge on any atom is -0.395 e. The Balaban J connectivity index is 3.12. The zero-order valence-electron chi connectivity index (χ0n) is 17.1. The van der Waals surface area contributed by atoms with Crippen molar-refractivity contribution in [3.05, 3.63) is 35.9 Å². The SMILES string of the molecule is CC(C)C[C@@](N)(C(=O)NC(Cc1ccccc1)C(=O)NCCO)C(C)C(=O)NO. The van der Waals surface area contributed by atoms with E-state index in [1.54, 1.807) is 0 Å². The third-order valence-electron chi connectivity index (χ3n) is 4.76. The molecule has 1 aromatic rings. The van der Waals surface area contributed by atoms with E-state index in [0.29, 0.717) is 0 Å². The number of nitrogens with one attached hydrogen (secondary N) is 3. The number of hydroxylamine groups is 1. The molecule has 0 fully saturated rings. The smallest absolute Gasteiger partial charge is 0.248 e. The van der Waals surface area contributed by atoms with Gasteiger partial charge in [0.25, 0.3) is 0 Å². The van der Waals surface area contributed by atoms with Crippen LogP contribution >= 0.6 is 0 Å². The van der Waals surface area contributed by atoms with Crippen molar-refractivity contribution in [2.45, 2.75) is 45.2 Å². The summed E-state index contributed by atoms with van der Waals surface area (Å²) >= 11 is 0. The number of nitrogens with two attached hydrogens (primary N) is 1. The van der Waals surface area contributed by atoms with Gasteiger partial charge in [-0.25, -0.2) is 5.48 Å². The number of aliphatic hydroxyl groups excluding tert-OH is 1. The Bertz CT molecular complexity index is 683. The van der Waals surface area contributed by atoms with E-state index in [1.807, 2.05) is 44.2 Å². The molecule has 1 aromatic carbocycles. The van der Waals surface area contributed by atoms with Crippen molar-refractivity contribution < 1.29 is 24.7 Å². The summed E-state index contributed by atoms with van der Waals surface area (Å²) in [5.74, 6) is -2.97. The summed E-state index contributed by atoms with van der Waals surface area (Å²) in [7, 11) is 0. The maximum atomic E-state index is 13.1. The predicted octanol–water partition coefficient (Wildman–Crippen LogP) is -0.292. The quantitative estimate of drug-likeness (QED) is 0.218. The molecule has 0 saturated carbocycles. The lowest BCUT2D eigenvalue weighted by Crippen LogP contribution is -2.64. The van der Waals surface area contributed by atoms with Crippen LogP contribution in [-0.4, -0.2) is 52.8 Å². The van der Waals surface area contributed by atoms with Crippen LogP contribution < -0.4 is 21.8 Å². The molecule has 9 heteroatoms. The summed E-state index contributed by atoms with van der Waals surface area (Å²) in [5.41, 5.74) is 7.08. The van der Waals surface area contributed by atoms with E-state index in [1.165, 1.54) is 12.4 Å². The molecule has 29 heavy (non-hydrogen) atoms. The summed E-state index contributed by atoms with van der Waals surface area (Å²) in [6.07, 6.45) is 0.381. The monoisotopic (exact) mass is 408 g/mol. The maximum Gasteiger partial charge on any atom is 0.248 e. The normalized spacial score (nSPS) is 15.1. The standard InChI is InChI=1S/C20H32N4O5/c1-13(2)12-20(21,14(3)17(26)24-29)19(28)23-16(18(27)22-9-10-25)11-15-7-5-4-6-8-15/h4-8,13-14,16,25,29H,9-12,21H2,1-3H3,(H,22,27)(H,23,28)(H,24,26)/t14?,16?,20-/m0/s1. The zero-order chi connectivity index (χ0) is 22.0. The second kappa shape index (κ2) is 11.5. The van der Waals surface area contributed by atoms with Gasteiger partial charge in [0.05, 0.1) is 12.5 Å². The van der Waals surface area contributed by atoms with Gasteiger partial charge in [-0.3, -0.25) is 19.6 Å². The fourth-order valence-electron chi connectivity index (χ4n) is 3.13. The van der Waals surface area contributed by atoms with Gasteiger partial charge >= 0.3 is 0 Å². The molecule has 162 valence electrons. The van der Waals surface area contributed by atoms with Crippen molar-refractivity contribution in [3.63, 3.8) is 0 Å². The Morgan fingerprint density at radius 2 is 1.72 bits per heavy atom. The number of amides is 3. The molecule has 0 spiro atoms. The summed E-state index contributed by atoms with van der Waals surface area (Å²) in [6, 6.07) is 8.18. The first-order chi connectivity index (χ1) is 13.7. The van der Waals surface area contributed by atoms with E-state index in [-0.39, 0.29) is 31.9 Å². The lowest BCUT2D eigenvalue weighted by atomic mass is 9.78. The molecule has 1 rings (SSSR count). The summed E-state index contributed by atoms with van der Waals surface area (Å²) in [4.78, 5) is 37.6. The van der Waals surface area contributed by atoms with Crippen LogP contribution in [0, 0.1) is 11.8 Å². The van der Waals surface area contributed by atoms with E-state index in [0.717, 1.165) is 5.56 Å². The molecule has 0 bridgehead atoms. The van der Waals surface area contributed by atoms with Gasteiger partial charge < -0.3 is 21.5 Å². The summed E-state index contributed by atoms with van der Waals surface area (Å²) < 4.78 is 0. The molecule has 2 unspecified atom stereocenters. The Kier molecular flexibility index (Phi) is 9.73. The highest BCUT2D eigenvalue weighted by molar-refractivity contribution is 5.96. The average molecular weight is 408 g/mol. The van der Waals surface area contributed by atoms with E-state index < -0.39 is 35.2 Å². The molecule has 0 aromatic heterocycles. The van der Waals surface area contributed by atoms with Crippen molar-refractivity contribution >= 4 is 17.7 Å². The third-order valence-corrected chi connectivity index (χ3v) is 4.76. The van der Waals surface area contributed by atoms with Gasteiger partial charge in [0, 0.05) is 13.0 Å². The molecule has 0 saturated heterocycles. The van der Waals surface area contributed by atoms with Crippen LogP contribution in [0.3, 0.4) is 0 Å². The molecule has 3 amide bonds. The van der Waals surface area contributed by atoms with Gasteiger partial charge in [-0.1, -0.05) is 51.1 Å². The number of hydrogen-bond donors (Lipinski definition) is 6. The number of benzene rings is 1. The Morgan fingerprint density at radius 1 is 1.10 bits per heavy atom. The number of aliphatic hydroxyl groups is 1. The Labute approximate surface area is 171 Å². The summed E-state index contributed by atoms with van der Waals surface area (Å²) in [6.45, 7) is 4.97. The van der Waals surface area contributed by atoms with Crippen molar-refractivity contribution in [2.75, 3.05) is 13.2 Å². The van der Waals surface area contributed by atoms with Crippen molar-refractivity contribution in [2.24, 2.45) is 17.6 Å². The van der Waals surface area contributed by atoms with Crippen LogP contribution in [0.2, 0.25) is 0 Å². The highest BCUT2D eigenvalue weighted by Gasteiger charge is 2.44. The fourth-order valence-corrected chi connectivity index (χ4v) is 3.13. The van der Waals surface area contributed by atoms with Crippen LogP contribution in [0.5, 0.6) is 0 Å². The van der Waals surface area contributed by atoms with Gasteiger partial charge in [0.15, 0.2) is 0 Å². The first-order valence-corrected chi connectivity index (χ1v) is 9.62. The van der Waals surface area contributed by atoms with Crippen molar-refractivity contribution in [1.29, 1.82) is 0 Å². The molecule has 0 aliphatic rings. The first-order valence-electron chi connectivity index (χ1n) is 9.62. The molecule has 3 atom stereocenters. The van der Waals surface area contributed by atoms with Crippen LogP contribution in [0.4, 0.5) is 0 Å². The third kappa shape index (κ3) is 7.12. The largest absolute Gasteiger partial charge is 0.395 e. The molecule has 0 aliphatic heterocycles. The lowest BCUT2D eigenvalue weighted by molar-refractivity contribution is -0.142. The van der Waals surface area contributed by atoms with Gasteiger partial charge in [0.1, 0.15) is 11.6 Å². The number of carbonyl (C=O) groups is 3. The highest BCUT2D eigenvalue weighted by Crippen LogP contribution is 2.24. The van der Waals surface area contributed by atoms with E-state index in [4.69, 9.17) is 16.0 Å². The molecular formula is C20H32N4O5. The van der Waals surface area contributed by atoms with Crippen molar-refractivity contribution in [1.82, 2.24) is 16.1 Å². The van der Waals surface area contributed by atoms with E-state index in [2.05, 4.69) is 10.6 Å². The van der Waals surface area contributed by atoms with Crippen LogP contribution in [-0.2, 0) is 20.8 Å². The topological polar surface area (TPSA) is 154 Å². The molecular weight excluding hydrogens is 376 g/mol. The zero-order valence-corrected chi connectivity index (χ0v) is 17.1. The number of hydrogen-bond acceptors (Lipinski definition) is 6. The number of rotatable bonds is 11. The minimum absolute atomic E-state index is 0.0181. The minimum atomic E-state index is -1.63.